The Hall–Kier alpha value is -0.0200. The lowest BCUT2D eigenvalue weighted by Crippen LogP contribution is -1.93. The van der Waals surface area contributed by atoms with E-state index in [2.05, 4.69) is 35.0 Å². The van der Waals surface area contributed by atoms with Crippen molar-refractivity contribution in [3.63, 3.8) is 0 Å². The van der Waals surface area contributed by atoms with E-state index in [-0.39, 0.29) is 4.83 Å². The highest BCUT2D eigenvalue weighted by Crippen LogP contribution is 2.40. The van der Waals surface area contributed by atoms with Gasteiger partial charge in [0.05, 0.1) is 9.16 Å². The van der Waals surface area contributed by atoms with Gasteiger partial charge < -0.3 is 0 Å². The molecule has 0 aliphatic carbocycles. The molecule has 2 rings (SSSR count). The molecule has 0 radical (unpaired) electrons. The summed E-state index contributed by atoms with van der Waals surface area (Å²) in [6, 6.07) is 8.08. The normalized spacial score (nSPS) is 12.8. The van der Waals surface area contributed by atoms with Gasteiger partial charge in [-0.1, -0.05) is 45.2 Å². The molecule has 1 aromatic carbocycles. The summed E-state index contributed by atoms with van der Waals surface area (Å²) < 4.78 is 0.857. The Morgan fingerprint density at radius 1 is 1.12 bits per heavy atom. The number of halogens is 3. The first kappa shape index (κ1) is 13.4. The van der Waals surface area contributed by atoms with Crippen molar-refractivity contribution in [1.82, 2.24) is 0 Å². The van der Waals surface area contributed by atoms with Crippen LogP contribution in [0.1, 0.15) is 26.4 Å². The van der Waals surface area contributed by atoms with Crippen molar-refractivity contribution in [2.75, 3.05) is 0 Å². The van der Waals surface area contributed by atoms with E-state index in [4.69, 9.17) is 23.2 Å². The van der Waals surface area contributed by atoms with E-state index >= 15 is 0 Å². The van der Waals surface area contributed by atoms with Crippen LogP contribution in [0.2, 0.25) is 9.36 Å². The predicted octanol–water partition coefficient (Wildman–Crippen LogP) is 6.16. The Labute approximate surface area is 124 Å². The standard InChI is InChI=1S/C13H11BrCl2S/c1-7-5-9(15)3-4-10(7)12(14)11-6-8(2)13(16)17-11/h3-6,12H,1-2H3. The van der Waals surface area contributed by atoms with Gasteiger partial charge >= 0.3 is 0 Å². The van der Waals surface area contributed by atoms with Crippen molar-refractivity contribution in [3.05, 3.63) is 55.2 Å². The summed E-state index contributed by atoms with van der Waals surface area (Å²) in [5.41, 5.74) is 3.54. The number of hydrogen-bond acceptors (Lipinski definition) is 1. The molecule has 1 unspecified atom stereocenters. The summed E-state index contributed by atoms with van der Waals surface area (Å²) in [5.74, 6) is 0. The highest BCUT2D eigenvalue weighted by atomic mass is 79.9. The Kier molecular flexibility index (Phi) is 4.19. The lowest BCUT2D eigenvalue weighted by molar-refractivity contribution is 1.18. The van der Waals surface area contributed by atoms with E-state index in [0.29, 0.717) is 0 Å². The van der Waals surface area contributed by atoms with Crippen LogP contribution >= 0.6 is 50.5 Å². The second kappa shape index (κ2) is 5.31. The lowest BCUT2D eigenvalue weighted by atomic mass is 10.0. The fraction of sp³-hybridized carbons (Fsp3) is 0.231. The summed E-state index contributed by atoms with van der Waals surface area (Å²) in [4.78, 5) is 1.40. The van der Waals surface area contributed by atoms with Crippen molar-refractivity contribution in [2.24, 2.45) is 0 Å². The van der Waals surface area contributed by atoms with Crippen LogP contribution in [0.25, 0.3) is 0 Å². The van der Waals surface area contributed by atoms with Crippen LogP contribution in [0.3, 0.4) is 0 Å². The van der Waals surface area contributed by atoms with Gasteiger partial charge in [-0.15, -0.1) is 11.3 Å². The van der Waals surface area contributed by atoms with Crippen molar-refractivity contribution in [3.8, 4) is 0 Å². The molecule has 0 spiro atoms. The van der Waals surface area contributed by atoms with Crippen molar-refractivity contribution >= 4 is 50.5 Å². The van der Waals surface area contributed by atoms with E-state index in [1.54, 1.807) is 11.3 Å². The van der Waals surface area contributed by atoms with Gasteiger partial charge in [-0.05, 0) is 48.7 Å². The largest absolute Gasteiger partial charge is 0.127 e. The molecule has 1 aromatic heterocycles. The van der Waals surface area contributed by atoms with Crippen LogP contribution in [0.4, 0.5) is 0 Å². The number of thiophene rings is 1. The fourth-order valence-electron chi connectivity index (χ4n) is 1.69. The first-order chi connectivity index (χ1) is 7.99. The molecule has 0 saturated heterocycles. The lowest BCUT2D eigenvalue weighted by Gasteiger charge is -2.11. The maximum absolute atomic E-state index is 6.10. The monoisotopic (exact) mass is 348 g/mol. The van der Waals surface area contributed by atoms with Gasteiger partial charge in [0.25, 0.3) is 0 Å². The highest BCUT2D eigenvalue weighted by molar-refractivity contribution is 9.09. The van der Waals surface area contributed by atoms with E-state index in [9.17, 15) is 0 Å². The third-order valence-corrected chi connectivity index (χ3v) is 5.78. The number of aryl methyl sites for hydroxylation is 2. The van der Waals surface area contributed by atoms with E-state index in [1.807, 2.05) is 19.1 Å². The van der Waals surface area contributed by atoms with Crippen molar-refractivity contribution < 1.29 is 0 Å². The summed E-state index contributed by atoms with van der Waals surface area (Å²) in [7, 11) is 0. The van der Waals surface area contributed by atoms with Crippen LogP contribution in [0, 0.1) is 13.8 Å². The minimum Gasteiger partial charge on any atom is -0.127 e. The van der Waals surface area contributed by atoms with Gasteiger partial charge in [-0.2, -0.15) is 0 Å². The highest BCUT2D eigenvalue weighted by Gasteiger charge is 2.16. The van der Waals surface area contributed by atoms with Crippen LogP contribution in [0.5, 0.6) is 0 Å². The van der Waals surface area contributed by atoms with Gasteiger partial charge in [0.1, 0.15) is 0 Å². The van der Waals surface area contributed by atoms with Crippen LogP contribution in [0.15, 0.2) is 24.3 Å². The molecule has 0 amide bonds. The van der Waals surface area contributed by atoms with Crippen LogP contribution < -0.4 is 0 Å². The maximum atomic E-state index is 6.10. The second-order valence-corrected chi connectivity index (χ2v) is 7.01. The Balaban J connectivity index is 2.39. The molecule has 0 aliphatic heterocycles. The molecular formula is C13H11BrCl2S. The smallest absolute Gasteiger partial charge is 0.0960 e. The average Bonchev–Trinajstić information content (AvgIpc) is 2.58. The maximum Gasteiger partial charge on any atom is 0.0960 e. The van der Waals surface area contributed by atoms with E-state index < -0.39 is 0 Å². The number of benzene rings is 1. The molecule has 2 aromatic rings. The third-order valence-electron chi connectivity index (χ3n) is 2.63. The first-order valence-corrected chi connectivity index (χ1v) is 7.64. The number of alkyl halides is 1. The first-order valence-electron chi connectivity index (χ1n) is 5.15. The number of rotatable bonds is 2. The van der Waals surface area contributed by atoms with Crippen molar-refractivity contribution in [2.45, 2.75) is 18.7 Å². The molecule has 0 aliphatic rings. The minimum atomic E-state index is 0.177. The second-order valence-electron chi connectivity index (χ2n) is 3.97. The quantitative estimate of drug-likeness (QED) is 0.570. The minimum absolute atomic E-state index is 0.177. The average molecular weight is 350 g/mol. The number of hydrogen-bond donors (Lipinski definition) is 0. The van der Waals surface area contributed by atoms with E-state index in [0.717, 1.165) is 14.9 Å². The predicted molar refractivity (Wildman–Crippen MR) is 81.0 cm³/mol. The topological polar surface area (TPSA) is 0 Å². The van der Waals surface area contributed by atoms with Crippen LogP contribution in [-0.4, -0.2) is 0 Å². The zero-order chi connectivity index (χ0) is 12.6. The summed E-state index contributed by atoms with van der Waals surface area (Å²) in [6.07, 6.45) is 0. The molecule has 90 valence electrons. The molecule has 0 bridgehead atoms. The zero-order valence-corrected chi connectivity index (χ0v) is 13.3. The molecular weight excluding hydrogens is 339 g/mol. The Bertz CT molecular complexity index is 529. The summed E-state index contributed by atoms with van der Waals surface area (Å²) in [5, 5.41) is 0.770. The van der Waals surface area contributed by atoms with Gasteiger partial charge in [-0.3, -0.25) is 0 Å². The molecule has 1 heterocycles. The molecule has 4 heteroatoms. The molecule has 1 atom stereocenters. The van der Waals surface area contributed by atoms with Gasteiger partial charge in [0.2, 0.25) is 0 Å². The third kappa shape index (κ3) is 2.87. The van der Waals surface area contributed by atoms with Gasteiger partial charge in [0.15, 0.2) is 0 Å². The fourth-order valence-corrected chi connectivity index (χ4v) is 4.05. The molecule has 0 N–H and O–H groups in total. The Morgan fingerprint density at radius 2 is 1.82 bits per heavy atom. The van der Waals surface area contributed by atoms with E-state index in [1.165, 1.54) is 16.0 Å². The zero-order valence-electron chi connectivity index (χ0n) is 9.43. The molecule has 17 heavy (non-hydrogen) atoms. The van der Waals surface area contributed by atoms with Crippen molar-refractivity contribution in [1.29, 1.82) is 0 Å². The van der Waals surface area contributed by atoms with Crippen LogP contribution in [-0.2, 0) is 0 Å². The SMILES string of the molecule is Cc1cc(Cl)ccc1C(Br)c1cc(C)c(Cl)s1. The summed E-state index contributed by atoms with van der Waals surface area (Å²) in [6.45, 7) is 4.09. The van der Waals surface area contributed by atoms with Gasteiger partial charge in [-0.25, -0.2) is 0 Å². The molecule has 0 saturated carbocycles. The molecule has 0 nitrogen and oxygen atoms in total. The summed E-state index contributed by atoms with van der Waals surface area (Å²) >= 11 is 17.4. The van der Waals surface area contributed by atoms with Gasteiger partial charge in [0, 0.05) is 9.90 Å². The molecule has 0 fully saturated rings. The Morgan fingerprint density at radius 3 is 2.35 bits per heavy atom.